The summed E-state index contributed by atoms with van der Waals surface area (Å²) in [5, 5.41) is 0. The number of nitrogens with one attached hydrogen (secondary N) is 1. The molecule has 8 heteroatoms. The Morgan fingerprint density at radius 3 is 2.50 bits per heavy atom. The quantitative estimate of drug-likeness (QED) is 0.651. The van der Waals surface area contributed by atoms with E-state index >= 15 is 0 Å². The summed E-state index contributed by atoms with van der Waals surface area (Å²) in [5.41, 5.74) is 1.71. The van der Waals surface area contributed by atoms with Crippen molar-refractivity contribution in [2.45, 2.75) is 36.2 Å². The zero-order valence-electron chi connectivity index (χ0n) is 14.7. The van der Waals surface area contributed by atoms with Crippen molar-refractivity contribution in [2.75, 3.05) is 6.26 Å². The van der Waals surface area contributed by atoms with Gasteiger partial charge in [-0.15, -0.1) is 11.8 Å². The Labute approximate surface area is 156 Å². The van der Waals surface area contributed by atoms with Gasteiger partial charge in [-0.3, -0.25) is 4.57 Å². The standard InChI is InChI=1S/C18H20N2O4S2/c1-4-20-16-10-9-15(11-17(16)24-18(20)21)26(22,23)19-12(2)13-5-7-14(25-3)8-6-13/h5-12,19H,4H2,1-3H3/t12-/m1/s1. The zero-order chi connectivity index (χ0) is 18.9. The van der Waals surface area contributed by atoms with Gasteiger partial charge in [-0.25, -0.2) is 17.9 Å². The number of aromatic nitrogens is 1. The van der Waals surface area contributed by atoms with Crippen LogP contribution in [0.2, 0.25) is 0 Å². The normalized spacial score (nSPS) is 13.2. The van der Waals surface area contributed by atoms with Crippen LogP contribution in [0.3, 0.4) is 0 Å². The average molecular weight is 393 g/mol. The maximum absolute atomic E-state index is 12.7. The topological polar surface area (TPSA) is 81.3 Å². The third kappa shape index (κ3) is 3.58. The first-order chi connectivity index (χ1) is 12.4. The number of fused-ring (bicyclic) bond motifs is 1. The molecule has 0 saturated carbocycles. The first-order valence-corrected chi connectivity index (χ1v) is 10.9. The highest BCUT2D eigenvalue weighted by Crippen LogP contribution is 2.23. The van der Waals surface area contributed by atoms with Crippen LogP contribution in [0.15, 0.2) is 61.5 Å². The Balaban J connectivity index is 1.89. The van der Waals surface area contributed by atoms with Gasteiger partial charge in [0.2, 0.25) is 10.0 Å². The van der Waals surface area contributed by atoms with E-state index in [0.717, 1.165) is 10.5 Å². The summed E-state index contributed by atoms with van der Waals surface area (Å²) in [7, 11) is -3.75. The zero-order valence-corrected chi connectivity index (χ0v) is 16.4. The van der Waals surface area contributed by atoms with E-state index in [1.165, 1.54) is 16.7 Å². The summed E-state index contributed by atoms with van der Waals surface area (Å²) < 4.78 is 34.7. The Morgan fingerprint density at radius 1 is 1.19 bits per heavy atom. The lowest BCUT2D eigenvalue weighted by Crippen LogP contribution is -2.26. The molecule has 0 amide bonds. The molecule has 138 valence electrons. The van der Waals surface area contributed by atoms with Crippen LogP contribution >= 0.6 is 11.8 Å². The van der Waals surface area contributed by atoms with E-state index in [2.05, 4.69) is 4.72 Å². The van der Waals surface area contributed by atoms with E-state index in [9.17, 15) is 13.2 Å². The van der Waals surface area contributed by atoms with Gasteiger partial charge in [-0.2, -0.15) is 0 Å². The van der Waals surface area contributed by atoms with Crippen LogP contribution in [-0.2, 0) is 16.6 Å². The summed E-state index contributed by atoms with van der Waals surface area (Å²) in [6.07, 6.45) is 1.99. The first-order valence-electron chi connectivity index (χ1n) is 8.15. The fourth-order valence-corrected chi connectivity index (χ4v) is 4.43. The van der Waals surface area contributed by atoms with Crippen LogP contribution in [0.4, 0.5) is 0 Å². The van der Waals surface area contributed by atoms with Crippen molar-refractivity contribution in [2.24, 2.45) is 0 Å². The molecule has 0 aliphatic carbocycles. The van der Waals surface area contributed by atoms with E-state index in [1.54, 1.807) is 24.8 Å². The minimum atomic E-state index is -3.75. The molecule has 1 N–H and O–H groups in total. The van der Waals surface area contributed by atoms with E-state index in [1.807, 2.05) is 37.4 Å². The molecule has 0 bridgehead atoms. The second-order valence-electron chi connectivity index (χ2n) is 5.86. The highest BCUT2D eigenvalue weighted by molar-refractivity contribution is 7.98. The molecule has 0 aliphatic heterocycles. The molecule has 3 rings (SSSR count). The summed E-state index contributed by atoms with van der Waals surface area (Å²) >= 11 is 1.63. The van der Waals surface area contributed by atoms with Crippen molar-refractivity contribution in [3.63, 3.8) is 0 Å². The van der Waals surface area contributed by atoms with Crippen molar-refractivity contribution in [3.8, 4) is 0 Å². The smallest absolute Gasteiger partial charge is 0.408 e. The monoisotopic (exact) mass is 392 g/mol. The van der Waals surface area contributed by atoms with Gasteiger partial charge in [0.05, 0.1) is 10.4 Å². The lowest BCUT2D eigenvalue weighted by molar-refractivity contribution is 0.512. The number of thioether (sulfide) groups is 1. The number of aryl methyl sites for hydroxylation is 1. The van der Waals surface area contributed by atoms with Crippen LogP contribution in [0.1, 0.15) is 25.5 Å². The molecular weight excluding hydrogens is 372 g/mol. The Kier molecular flexibility index (Phi) is 5.27. The third-order valence-electron chi connectivity index (χ3n) is 4.21. The highest BCUT2D eigenvalue weighted by atomic mass is 32.2. The predicted octanol–water partition coefficient (Wildman–Crippen LogP) is 3.38. The molecule has 0 unspecified atom stereocenters. The van der Waals surface area contributed by atoms with Crippen LogP contribution in [0, 0.1) is 0 Å². The summed E-state index contributed by atoms with van der Waals surface area (Å²) in [6, 6.07) is 11.8. The number of oxazole rings is 1. The van der Waals surface area contributed by atoms with Crippen LogP contribution in [0.5, 0.6) is 0 Å². The minimum absolute atomic E-state index is 0.0644. The van der Waals surface area contributed by atoms with Gasteiger partial charge in [0.25, 0.3) is 0 Å². The van der Waals surface area contributed by atoms with Crippen molar-refractivity contribution >= 4 is 32.9 Å². The van der Waals surface area contributed by atoms with E-state index in [-0.39, 0.29) is 16.5 Å². The summed E-state index contributed by atoms with van der Waals surface area (Å²) in [6.45, 7) is 4.07. The summed E-state index contributed by atoms with van der Waals surface area (Å²) in [4.78, 5) is 13.0. The number of hydrogen-bond donors (Lipinski definition) is 1. The van der Waals surface area contributed by atoms with Crippen LogP contribution in [-0.4, -0.2) is 19.2 Å². The number of nitrogens with zero attached hydrogens (tertiary/aromatic N) is 1. The van der Waals surface area contributed by atoms with E-state index in [0.29, 0.717) is 12.1 Å². The minimum Gasteiger partial charge on any atom is -0.408 e. The van der Waals surface area contributed by atoms with E-state index in [4.69, 9.17) is 4.42 Å². The fourth-order valence-electron chi connectivity index (χ4n) is 2.77. The lowest BCUT2D eigenvalue weighted by Gasteiger charge is -2.15. The summed E-state index contributed by atoms with van der Waals surface area (Å²) in [5.74, 6) is -0.493. The van der Waals surface area contributed by atoms with Crippen molar-refractivity contribution in [1.82, 2.24) is 9.29 Å². The Morgan fingerprint density at radius 2 is 1.88 bits per heavy atom. The second-order valence-corrected chi connectivity index (χ2v) is 8.45. The largest absolute Gasteiger partial charge is 0.419 e. The second kappa shape index (κ2) is 7.30. The van der Waals surface area contributed by atoms with Gasteiger partial charge in [-0.05, 0) is 49.9 Å². The molecule has 1 heterocycles. The lowest BCUT2D eigenvalue weighted by atomic mass is 10.1. The Bertz CT molecular complexity index is 1080. The number of sulfonamides is 1. The predicted molar refractivity (Wildman–Crippen MR) is 103 cm³/mol. The van der Waals surface area contributed by atoms with Crippen molar-refractivity contribution in [1.29, 1.82) is 0 Å². The van der Waals surface area contributed by atoms with Crippen molar-refractivity contribution < 1.29 is 12.8 Å². The molecule has 1 aromatic heterocycles. The highest BCUT2D eigenvalue weighted by Gasteiger charge is 2.20. The number of benzene rings is 2. The maximum Gasteiger partial charge on any atom is 0.419 e. The van der Waals surface area contributed by atoms with Gasteiger partial charge < -0.3 is 4.42 Å². The molecule has 0 fully saturated rings. The van der Waals surface area contributed by atoms with Gasteiger partial charge in [0, 0.05) is 23.5 Å². The molecule has 3 aromatic rings. The fraction of sp³-hybridized carbons (Fsp3) is 0.278. The first kappa shape index (κ1) is 18.8. The maximum atomic E-state index is 12.7. The van der Waals surface area contributed by atoms with Gasteiger partial charge in [0.15, 0.2) is 5.58 Å². The average Bonchev–Trinajstić information content (AvgIpc) is 2.95. The Hall–Kier alpha value is -2.03. The van der Waals surface area contributed by atoms with Gasteiger partial charge in [-0.1, -0.05) is 12.1 Å². The molecule has 1 atom stereocenters. The SMILES string of the molecule is CCn1c(=O)oc2cc(S(=O)(=O)N[C@H](C)c3ccc(SC)cc3)ccc21. The molecule has 0 saturated heterocycles. The molecular formula is C18H20N2O4S2. The molecule has 0 spiro atoms. The van der Waals surface area contributed by atoms with E-state index < -0.39 is 15.8 Å². The molecule has 2 aromatic carbocycles. The molecule has 0 radical (unpaired) electrons. The van der Waals surface area contributed by atoms with Crippen LogP contribution < -0.4 is 10.5 Å². The van der Waals surface area contributed by atoms with Crippen LogP contribution in [0.25, 0.3) is 11.1 Å². The third-order valence-corrected chi connectivity index (χ3v) is 6.50. The van der Waals surface area contributed by atoms with Gasteiger partial charge >= 0.3 is 5.76 Å². The van der Waals surface area contributed by atoms with Crippen molar-refractivity contribution in [3.05, 3.63) is 58.6 Å². The number of hydrogen-bond acceptors (Lipinski definition) is 5. The molecule has 6 nitrogen and oxygen atoms in total. The molecule has 0 aliphatic rings. The van der Waals surface area contributed by atoms with Gasteiger partial charge in [0.1, 0.15) is 0 Å². The molecule has 26 heavy (non-hydrogen) atoms. The number of rotatable bonds is 6.